The van der Waals surface area contributed by atoms with Crippen LogP contribution in [0.1, 0.15) is 45.4 Å². The van der Waals surface area contributed by atoms with Crippen LogP contribution in [0.25, 0.3) is 0 Å². The average molecular weight is 284 g/mol. The minimum absolute atomic E-state index is 0.0154. The van der Waals surface area contributed by atoms with Crippen LogP contribution in [0, 0.1) is 0 Å². The summed E-state index contributed by atoms with van der Waals surface area (Å²) in [5, 5.41) is 6.12. The summed E-state index contributed by atoms with van der Waals surface area (Å²) in [4.78, 5) is 12.0. The van der Waals surface area contributed by atoms with E-state index in [0.29, 0.717) is 25.9 Å². The molecule has 0 unspecified atom stereocenters. The molecule has 5 heteroatoms. The third-order valence-corrected chi connectivity index (χ3v) is 4.16. The van der Waals surface area contributed by atoms with Crippen molar-refractivity contribution in [3.8, 4) is 0 Å². The number of hydrogen-bond donors (Lipinski definition) is 2. The van der Waals surface area contributed by atoms with E-state index in [1.54, 1.807) is 0 Å². The molecule has 1 aliphatic carbocycles. The second-order valence-corrected chi connectivity index (χ2v) is 5.78. The van der Waals surface area contributed by atoms with Gasteiger partial charge in [0.05, 0.1) is 25.4 Å². The highest BCUT2D eigenvalue weighted by Gasteiger charge is 2.27. The molecule has 0 bridgehead atoms. The standard InChI is InChI=1S/C15H28N2O3/c1-12-14(16-8-10-19-12)15(18)17-9-11-20-13-6-4-2-3-5-7-13/h12-14,16H,2-11H2,1H3,(H,17,18)/t12-,14+/m1/s1. The molecular formula is C15H28N2O3. The quantitative estimate of drug-likeness (QED) is 0.589. The smallest absolute Gasteiger partial charge is 0.239 e. The highest BCUT2D eigenvalue weighted by atomic mass is 16.5. The van der Waals surface area contributed by atoms with Crippen molar-refractivity contribution in [2.24, 2.45) is 0 Å². The zero-order valence-corrected chi connectivity index (χ0v) is 12.5. The third-order valence-electron chi connectivity index (χ3n) is 4.16. The molecule has 2 aliphatic rings. The lowest BCUT2D eigenvalue weighted by Crippen LogP contribution is -2.55. The van der Waals surface area contributed by atoms with Crippen molar-refractivity contribution in [3.63, 3.8) is 0 Å². The van der Waals surface area contributed by atoms with Gasteiger partial charge in [-0.3, -0.25) is 4.79 Å². The molecule has 0 radical (unpaired) electrons. The van der Waals surface area contributed by atoms with Crippen molar-refractivity contribution in [1.29, 1.82) is 0 Å². The Bertz CT molecular complexity index is 291. The number of carbonyl (C=O) groups is 1. The number of nitrogens with one attached hydrogen (secondary N) is 2. The van der Waals surface area contributed by atoms with Crippen LogP contribution in [0.4, 0.5) is 0 Å². The van der Waals surface area contributed by atoms with E-state index in [4.69, 9.17) is 9.47 Å². The minimum atomic E-state index is -0.235. The van der Waals surface area contributed by atoms with Crippen LogP contribution < -0.4 is 10.6 Å². The molecule has 116 valence electrons. The van der Waals surface area contributed by atoms with Gasteiger partial charge < -0.3 is 20.1 Å². The van der Waals surface area contributed by atoms with Crippen LogP contribution >= 0.6 is 0 Å². The van der Waals surface area contributed by atoms with Crippen LogP contribution in [0.5, 0.6) is 0 Å². The molecule has 1 aliphatic heterocycles. The predicted octanol–water partition coefficient (Wildman–Crippen LogP) is 1.22. The molecule has 0 spiro atoms. The second kappa shape index (κ2) is 8.60. The molecule has 2 N–H and O–H groups in total. The van der Waals surface area contributed by atoms with Crippen molar-refractivity contribution in [2.45, 2.75) is 63.7 Å². The summed E-state index contributed by atoms with van der Waals surface area (Å²) < 4.78 is 11.3. The fourth-order valence-electron chi connectivity index (χ4n) is 2.95. The second-order valence-electron chi connectivity index (χ2n) is 5.78. The van der Waals surface area contributed by atoms with Crippen molar-refractivity contribution < 1.29 is 14.3 Å². The summed E-state index contributed by atoms with van der Waals surface area (Å²) in [6.07, 6.45) is 7.89. The third kappa shape index (κ3) is 5.04. The molecule has 2 atom stereocenters. The number of rotatable bonds is 5. The van der Waals surface area contributed by atoms with Gasteiger partial charge in [0.1, 0.15) is 6.04 Å². The maximum atomic E-state index is 12.0. The molecular weight excluding hydrogens is 256 g/mol. The highest BCUT2D eigenvalue weighted by Crippen LogP contribution is 2.19. The van der Waals surface area contributed by atoms with E-state index in [2.05, 4.69) is 10.6 Å². The molecule has 20 heavy (non-hydrogen) atoms. The van der Waals surface area contributed by atoms with Crippen molar-refractivity contribution >= 4 is 5.91 Å². The molecule has 0 aromatic heterocycles. The van der Waals surface area contributed by atoms with E-state index in [-0.39, 0.29) is 18.1 Å². The SMILES string of the molecule is C[C@H]1OCCN[C@@H]1C(=O)NCCOC1CCCCCC1. The minimum Gasteiger partial charge on any atom is -0.376 e. The van der Waals surface area contributed by atoms with Gasteiger partial charge in [0, 0.05) is 13.1 Å². The van der Waals surface area contributed by atoms with Gasteiger partial charge in [0.25, 0.3) is 0 Å². The molecule has 1 amide bonds. The molecule has 5 nitrogen and oxygen atoms in total. The molecule has 1 saturated heterocycles. The Kier molecular flexibility index (Phi) is 6.76. The largest absolute Gasteiger partial charge is 0.376 e. The highest BCUT2D eigenvalue weighted by molar-refractivity contribution is 5.82. The van der Waals surface area contributed by atoms with Crippen LogP contribution in [-0.2, 0) is 14.3 Å². The van der Waals surface area contributed by atoms with Gasteiger partial charge in [-0.25, -0.2) is 0 Å². The number of morpholine rings is 1. The average Bonchev–Trinajstić information content (AvgIpc) is 2.72. The Labute approximate surface area is 121 Å². The first-order valence-electron chi connectivity index (χ1n) is 8.01. The first kappa shape index (κ1) is 15.7. The van der Waals surface area contributed by atoms with E-state index in [1.807, 2.05) is 6.92 Å². The van der Waals surface area contributed by atoms with Crippen LogP contribution in [0.2, 0.25) is 0 Å². The molecule has 0 aromatic rings. The monoisotopic (exact) mass is 284 g/mol. The number of amides is 1. The topological polar surface area (TPSA) is 59.6 Å². The zero-order valence-electron chi connectivity index (χ0n) is 12.5. The van der Waals surface area contributed by atoms with Gasteiger partial charge in [-0.05, 0) is 19.8 Å². The molecule has 2 rings (SSSR count). The van der Waals surface area contributed by atoms with Gasteiger partial charge in [-0.2, -0.15) is 0 Å². The Morgan fingerprint density at radius 3 is 2.75 bits per heavy atom. The van der Waals surface area contributed by atoms with E-state index in [0.717, 1.165) is 6.54 Å². The number of ether oxygens (including phenoxy) is 2. The Balaban J connectivity index is 1.58. The summed E-state index contributed by atoms with van der Waals surface area (Å²) >= 11 is 0. The lowest BCUT2D eigenvalue weighted by atomic mass is 10.1. The maximum Gasteiger partial charge on any atom is 0.239 e. The van der Waals surface area contributed by atoms with Crippen molar-refractivity contribution in [2.75, 3.05) is 26.3 Å². The van der Waals surface area contributed by atoms with E-state index in [1.165, 1.54) is 38.5 Å². The van der Waals surface area contributed by atoms with Gasteiger partial charge in [-0.15, -0.1) is 0 Å². The molecule has 1 heterocycles. The fraction of sp³-hybridized carbons (Fsp3) is 0.933. The summed E-state index contributed by atoms with van der Waals surface area (Å²) in [6, 6.07) is -0.235. The van der Waals surface area contributed by atoms with Gasteiger partial charge >= 0.3 is 0 Å². The van der Waals surface area contributed by atoms with Crippen LogP contribution in [0.3, 0.4) is 0 Å². The van der Waals surface area contributed by atoms with E-state index < -0.39 is 0 Å². The van der Waals surface area contributed by atoms with Crippen LogP contribution in [0.15, 0.2) is 0 Å². The first-order valence-corrected chi connectivity index (χ1v) is 8.01. The molecule has 0 aromatic carbocycles. The number of hydrogen-bond acceptors (Lipinski definition) is 4. The van der Waals surface area contributed by atoms with Crippen LogP contribution in [-0.4, -0.2) is 50.5 Å². The van der Waals surface area contributed by atoms with Gasteiger partial charge in [0.2, 0.25) is 5.91 Å². The van der Waals surface area contributed by atoms with Gasteiger partial charge in [-0.1, -0.05) is 25.7 Å². The summed E-state index contributed by atoms with van der Waals surface area (Å²) in [7, 11) is 0. The van der Waals surface area contributed by atoms with Crippen molar-refractivity contribution in [1.82, 2.24) is 10.6 Å². The van der Waals surface area contributed by atoms with Gasteiger partial charge in [0.15, 0.2) is 0 Å². The maximum absolute atomic E-state index is 12.0. The Morgan fingerprint density at radius 1 is 1.30 bits per heavy atom. The Hall–Kier alpha value is -0.650. The van der Waals surface area contributed by atoms with E-state index in [9.17, 15) is 4.79 Å². The molecule has 1 saturated carbocycles. The first-order chi connectivity index (χ1) is 9.77. The summed E-state index contributed by atoms with van der Waals surface area (Å²) in [5.74, 6) is 0.0154. The summed E-state index contributed by atoms with van der Waals surface area (Å²) in [5.41, 5.74) is 0. The lowest BCUT2D eigenvalue weighted by Gasteiger charge is -2.29. The number of carbonyl (C=O) groups excluding carboxylic acids is 1. The predicted molar refractivity (Wildman–Crippen MR) is 77.7 cm³/mol. The zero-order chi connectivity index (χ0) is 14.2. The lowest BCUT2D eigenvalue weighted by molar-refractivity contribution is -0.129. The van der Waals surface area contributed by atoms with E-state index >= 15 is 0 Å². The summed E-state index contributed by atoms with van der Waals surface area (Å²) in [6.45, 7) is 4.54. The fourth-order valence-corrected chi connectivity index (χ4v) is 2.95. The Morgan fingerprint density at radius 2 is 2.05 bits per heavy atom. The molecule has 2 fully saturated rings. The normalized spacial score (nSPS) is 28.9. The van der Waals surface area contributed by atoms with Crippen molar-refractivity contribution in [3.05, 3.63) is 0 Å².